The van der Waals surface area contributed by atoms with Crippen LogP contribution in [0.5, 0.6) is 0 Å². The van der Waals surface area contributed by atoms with Gasteiger partial charge in [0.15, 0.2) is 0 Å². The van der Waals surface area contributed by atoms with Crippen LogP contribution in [0.25, 0.3) is 0 Å². The van der Waals surface area contributed by atoms with Crippen molar-refractivity contribution >= 4 is 0 Å². The Kier molecular flexibility index (Phi) is 1.66. The number of rotatable bonds is 1. The molecule has 1 atom stereocenters. The highest BCUT2D eigenvalue weighted by atomic mass is 16.6. The van der Waals surface area contributed by atoms with Crippen LogP contribution in [0.15, 0.2) is 0 Å². The summed E-state index contributed by atoms with van der Waals surface area (Å²) in [5.74, 6) is 0.885. The maximum Gasteiger partial charge on any atom is 0.0838 e. The molecule has 10 heavy (non-hydrogen) atoms. The Balaban J connectivity index is 1.79. The highest BCUT2D eigenvalue weighted by Crippen LogP contribution is 2.28. The molecule has 0 aliphatic carbocycles. The minimum absolute atomic E-state index is 0.647. The molecule has 0 aromatic rings. The number of epoxide rings is 1. The van der Waals surface area contributed by atoms with Crippen LogP contribution in [0.3, 0.4) is 0 Å². The molecule has 2 aliphatic heterocycles. The van der Waals surface area contributed by atoms with Crippen LogP contribution in [0.4, 0.5) is 0 Å². The van der Waals surface area contributed by atoms with Crippen LogP contribution in [0.2, 0.25) is 0 Å². The van der Waals surface area contributed by atoms with E-state index in [0.717, 1.165) is 12.5 Å². The Morgan fingerprint density at radius 2 is 1.90 bits per heavy atom. The van der Waals surface area contributed by atoms with Crippen molar-refractivity contribution in [2.45, 2.75) is 18.9 Å². The number of hydrogen-bond acceptors (Lipinski definition) is 2. The first-order chi connectivity index (χ1) is 4.86. The van der Waals surface area contributed by atoms with E-state index in [4.69, 9.17) is 4.74 Å². The molecule has 2 fully saturated rings. The topological polar surface area (TPSA) is 15.8 Å². The van der Waals surface area contributed by atoms with E-state index in [9.17, 15) is 0 Å². The van der Waals surface area contributed by atoms with Gasteiger partial charge in [0.2, 0.25) is 0 Å². The number of likely N-dealkylation sites (tertiary alicyclic amines) is 1. The fourth-order valence-corrected chi connectivity index (χ4v) is 1.73. The molecule has 2 nitrogen and oxygen atoms in total. The lowest BCUT2D eigenvalue weighted by atomic mass is 9.94. The summed E-state index contributed by atoms with van der Waals surface area (Å²) < 4.78 is 5.26. The molecule has 0 aromatic carbocycles. The maximum atomic E-state index is 5.26. The first kappa shape index (κ1) is 6.62. The average molecular weight is 141 g/mol. The van der Waals surface area contributed by atoms with Crippen molar-refractivity contribution < 1.29 is 4.74 Å². The highest BCUT2D eigenvalue weighted by Gasteiger charge is 2.33. The van der Waals surface area contributed by atoms with Crippen molar-refractivity contribution in [1.82, 2.24) is 4.90 Å². The van der Waals surface area contributed by atoms with Crippen LogP contribution >= 0.6 is 0 Å². The van der Waals surface area contributed by atoms with Gasteiger partial charge in [0, 0.05) is 0 Å². The van der Waals surface area contributed by atoms with Gasteiger partial charge in [-0.3, -0.25) is 0 Å². The van der Waals surface area contributed by atoms with Gasteiger partial charge in [-0.05, 0) is 38.9 Å². The molecule has 58 valence electrons. The summed E-state index contributed by atoms with van der Waals surface area (Å²) in [6.45, 7) is 3.57. The van der Waals surface area contributed by atoms with Crippen LogP contribution in [0, 0.1) is 5.92 Å². The standard InChI is InChI=1S/C8H15NO/c1-9-4-2-7(3-5-9)8-6-10-8/h7-8H,2-6H2,1H3. The molecule has 0 saturated carbocycles. The molecule has 1 unspecified atom stereocenters. The number of ether oxygens (including phenoxy) is 1. The third-order valence-corrected chi connectivity index (χ3v) is 2.65. The van der Waals surface area contributed by atoms with E-state index in [1.165, 1.54) is 25.9 Å². The third kappa shape index (κ3) is 1.32. The SMILES string of the molecule is CN1CCC(C2CO2)CC1. The van der Waals surface area contributed by atoms with E-state index < -0.39 is 0 Å². The minimum Gasteiger partial charge on any atom is -0.373 e. The van der Waals surface area contributed by atoms with Gasteiger partial charge in [-0.25, -0.2) is 0 Å². The van der Waals surface area contributed by atoms with Gasteiger partial charge in [0.1, 0.15) is 0 Å². The molecular weight excluding hydrogens is 126 g/mol. The van der Waals surface area contributed by atoms with Crippen molar-refractivity contribution in [3.8, 4) is 0 Å². The Morgan fingerprint density at radius 1 is 1.30 bits per heavy atom. The molecule has 2 saturated heterocycles. The zero-order valence-corrected chi connectivity index (χ0v) is 6.55. The average Bonchev–Trinajstić information content (AvgIpc) is 2.71. The normalized spacial score (nSPS) is 36.3. The Hall–Kier alpha value is -0.0800. The molecule has 2 aliphatic rings. The number of piperidine rings is 1. The summed E-state index contributed by atoms with van der Waals surface area (Å²) in [5, 5.41) is 0. The number of nitrogens with zero attached hydrogens (tertiary/aromatic N) is 1. The smallest absolute Gasteiger partial charge is 0.0838 e. The molecule has 0 radical (unpaired) electrons. The van der Waals surface area contributed by atoms with E-state index in [-0.39, 0.29) is 0 Å². The minimum atomic E-state index is 0.647. The van der Waals surface area contributed by atoms with Crippen LogP contribution in [0.1, 0.15) is 12.8 Å². The monoisotopic (exact) mass is 141 g/mol. The molecule has 2 heterocycles. The van der Waals surface area contributed by atoms with Gasteiger partial charge in [-0.15, -0.1) is 0 Å². The van der Waals surface area contributed by atoms with Crippen molar-refractivity contribution in [3.63, 3.8) is 0 Å². The quantitative estimate of drug-likeness (QED) is 0.500. The first-order valence-electron chi connectivity index (χ1n) is 4.16. The molecule has 0 aromatic heterocycles. The molecular formula is C8H15NO. The summed E-state index contributed by atoms with van der Waals surface area (Å²) >= 11 is 0. The largest absolute Gasteiger partial charge is 0.373 e. The summed E-state index contributed by atoms with van der Waals surface area (Å²) in [7, 11) is 2.20. The van der Waals surface area contributed by atoms with Gasteiger partial charge in [-0.1, -0.05) is 0 Å². The van der Waals surface area contributed by atoms with Crippen molar-refractivity contribution in [3.05, 3.63) is 0 Å². The van der Waals surface area contributed by atoms with Gasteiger partial charge in [-0.2, -0.15) is 0 Å². The summed E-state index contributed by atoms with van der Waals surface area (Å²) in [5.41, 5.74) is 0. The molecule has 0 N–H and O–H groups in total. The van der Waals surface area contributed by atoms with Crippen molar-refractivity contribution in [2.24, 2.45) is 5.92 Å². The van der Waals surface area contributed by atoms with E-state index in [2.05, 4.69) is 11.9 Å². The van der Waals surface area contributed by atoms with Gasteiger partial charge in [0.25, 0.3) is 0 Å². The van der Waals surface area contributed by atoms with Gasteiger partial charge < -0.3 is 9.64 Å². The number of hydrogen-bond donors (Lipinski definition) is 0. The van der Waals surface area contributed by atoms with E-state index in [1.807, 2.05) is 0 Å². The Labute approximate surface area is 62.2 Å². The molecule has 0 spiro atoms. The molecule has 2 heteroatoms. The second-order valence-electron chi connectivity index (χ2n) is 3.51. The first-order valence-corrected chi connectivity index (χ1v) is 4.16. The molecule has 0 amide bonds. The second kappa shape index (κ2) is 2.51. The van der Waals surface area contributed by atoms with E-state index in [0.29, 0.717) is 6.10 Å². The summed E-state index contributed by atoms with van der Waals surface area (Å²) in [4.78, 5) is 2.40. The zero-order chi connectivity index (χ0) is 6.97. The fraction of sp³-hybridized carbons (Fsp3) is 1.00. The van der Waals surface area contributed by atoms with Crippen LogP contribution in [-0.2, 0) is 4.74 Å². The lowest BCUT2D eigenvalue weighted by molar-refractivity contribution is 0.188. The second-order valence-corrected chi connectivity index (χ2v) is 3.51. The van der Waals surface area contributed by atoms with Crippen LogP contribution < -0.4 is 0 Å². The predicted octanol–water partition coefficient (Wildman–Crippen LogP) is 0.727. The Bertz CT molecular complexity index is 114. The zero-order valence-electron chi connectivity index (χ0n) is 6.55. The van der Waals surface area contributed by atoms with E-state index >= 15 is 0 Å². The van der Waals surface area contributed by atoms with Crippen molar-refractivity contribution in [1.29, 1.82) is 0 Å². The molecule has 0 bridgehead atoms. The van der Waals surface area contributed by atoms with Crippen molar-refractivity contribution in [2.75, 3.05) is 26.7 Å². The fourth-order valence-electron chi connectivity index (χ4n) is 1.73. The lowest BCUT2D eigenvalue weighted by Crippen LogP contribution is -2.32. The highest BCUT2D eigenvalue weighted by molar-refractivity contribution is 4.83. The predicted molar refractivity (Wildman–Crippen MR) is 40.0 cm³/mol. The summed E-state index contributed by atoms with van der Waals surface area (Å²) in [6, 6.07) is 0. The summed E-state index contributed by atoms with van der Waals surface area (Å²) in [6.07, 6.45) is 3.34. The molecule has 2 rings (SSSR count). The van der Waals surface area contributed by atoms with Gasteiger partial charge in [0.05, 0.1) is 12.7 Å². The van der Waals surface area contributed by atoms with E-state index in [1.54, 1.807) is 0 Å². The van der Waals surface area contributed by atoms with Gasteiger partial charge >= 0.3 is 0 Å². The van der Waals surface area contributed by atoms with Crippen LogP contribution in [-0.4, -0.2) is 37.7 Å². The third-order valence-electron chi connectivity index (χ3n) is 2.65. The Morgan fingerprint density at radius 3 is 2.40 bits per heavy atom. The maximum absolute atomic E-state index is 5.26. The lowest BCUT2D eigenvalue weighted by Gasteiger charge is -2.27.